The number of anilines is 1. The van der Waals surface area contributed by atoms with Crippen LogP contribution in [0.15, 0.2) is 42.7 Å². The van der Waals surface area contributed by atoms with Crippen molar-refractivity contribution in [3.8, 4) is 16.9 Å². The molecule has 1 N–H and O–H groups in total. The number of fused-ring (bicyclic) bond motifs is 5. The van der Waals surface area contributed by atoms with Crippen molar-refractivity contribution in [2.24, 2.45) is 17.8 Å². The number of aromatic nitrogens is 2. The maximum absolute atomic E-state index is 14.8. The zero-order chi connectivity index (χ0) is 21.7. The zero-order valence-corrected chi connectivity index (χ0v) is 18.6. The van der Waals surface area contributed by atoms with E-state index in [1.54, 1.807) is 6.07 Å². The summed E-state index contributed by atoms with van der Waals surface area (Å²) in [4.78, 5) is 7.38. The van der Waals surface area contributed by atoms with Crippen LogP contribution in [0.3, 0.4) is 0 Å². The minimum atomic E-state index is -0.254. The minimum Gasteiger partial charge on any atom is -0.492 e. The van der Waals surface area contributed by atoms with Crippen molar-refractivity contribution < 1.29 is 9.13 Å². The summed E-state index contributed by atoms with van der Waals surface area (Å²) in [6.07, 6.45) is 9.28. The van der Waals surface area contributed by atoms with Crippen molar-refractivity contribution in [2.75, 3.05) is 31.6 Å². The average molecular weight is 435 g/mol. The minimum absolute atomic E-state index is 0.254. The molecule has 168 valence electrons. The van der Waals surface area contributed by atoms with Gasteiger partial charge in [0.15, 0.2) is 0 Å². The Balaban J connectivity index is 1.34. The van der Waals surface area contributed by atoms with Crippen molar-refractivity contribution in [2.45, 2.75) is 38.6 Å². The number of nitrogens with zero attached hydrogens (tertiary/aromatic N) is 3. The van der Waals surface area contributed by atoms with Crippen LogP contribution in [-0.2, 0) is 0 Å². The Morgan fingerprint density at radius 3 is 2.91 bits per heavy atom. The van der Waals surface area contributed by atoms with E-state index in [1.165, 1.54) is 31.7 Å². The van der Waals surface area contributed by atoms with Crippen molar-refractivity contribution in [3.63, 3.8) is 0 Å². The maximum Gasteiger partial charge on any atom is 0.147 e. The Morgan fingerprint density at radius 2 is 2.03 bits per heavy atom. The standard InChI is InChI=1S/C26H31FN4O/c1-17-15-31-11-8-28-25-7-10-30-9-6-22(26(30)29-25)23-14-21(4-5-24(23)27)32-16-20(31)13-19(17)12-18-2-3-18/h4-7,9-10,14,17-20H,2-3,8,11-13,15-16H2,1H3,(H,28,29). The molecule has 2 fully saturated rings. The first-order chi connectivity index (χ1) is 15.6. The van der Waals surface area contributed by atoms with Crippen LogP contribution in [-0.4, -0.2) is 46.6 Å². The van der Waals surface area contributed by atoms with Gasteiger partial charge in [-0.15, -0.1) is 0 Å². The molecule has 32 heavy (non-hydrogen) atoms. The molecule has 3 aliphatic rings. The van der Waals surface area contributed by atoms with Crippen molar-refractivity contribution >= 4 is 11.5 Å². The first-order valence-electron chi connectivity index (χ1n) is 12.0. The third-order valence-corrected chi connectivity index (χ3v) is 7.63. The summed E-state index contributed by atoms with van der Waals surface area (Å²) in [5.41, 5.74) is 2.06. The fraction of sp³-hybridized carbons (Fsp3) is 0.500. The number of nitrogens with one attached hydrogen (secondary N) is 1. The largest absolute Gasteiger partial charge is 0.492 e. The van der Waals surface area contributed by atoms with Crippen molar-refractivity contribution in [1.29, 1.82) is 0 Å². The lowest BCUT2D eigenvalue weighted by Gasteiger charge is -2.43. The number of hydrogen-bond donors (Lipinski definition) is 1. The third-order valence-electron chi connectivity index (χ3n) is 7.63. The van der Waals surface area contributed by atoms with E-state index in [4.69, 9.17) is 9.72 Å². The average Bonchev–Trinajstić information content (AvgIpc) is 3.51. The summed E-state index contributed by atoms with van der Waals surface area (Å²) in [7, 11) is 0. The molecular formula is C26H31FN4O. The molecule has 0 spiro atoms. The second-order valence-electron chi connectivity index (χ2n) is 9.95. The quantitative estimate of drug-likeness (QED) is 0.611. The molecule has 0 radical (unpaired) electrons. The highest BCUT2D eigenvalue weighted by Crippen LogP contribution is 2.41. The number of benzene rings is 1. The highest BCUT2D eigenvalue weighted by molar-refractivity contribution is 5.80. The van der Waals surface area contributed by atoms with Crippen molar-refractivity contribution in [1.82, 2.24) is 14.3 Å². The summed E-state index contributed by atoms with van der Waals surface area (Å²) >= 11 is 0. The molecule has 1 saturated heterocycles. The monoisotopic (exact) mass is 434 g/mol. The van der Waals surface area contributed by atoms with Gasteiger partial charge in [-0.05, 0) is 60.9 Å². The smallest absolute Gasteiger partial charge is 0.147 e. The number of hydrogen-bond acceptors (Lipinski definition) is 4. The fourth-order valence-corrected chi connectivity index (χ4v) is 5.57. The molecule has 3 aromatic rings. The van der Waals surface area contributed by atoms with Crippen LogP contribution in [0.4, 0.5) is 10.2 Å². The Kier molecular flexibility index (Phi) is 5.05. The van der Waals surface area contributed by atoms with Gasteiger partial charge in [0, 0.05) is 49.2 Å². The lowest BCUT2D eigenvalue weighted by molar-refractivity contribution is 0.0392. The highest BCUT2D eigenvalue weighted by Gasteiger charge is 2.36. The molecule has 6 rings (SSSR count). The molecule has 3 atom stereocenters. The summed E-state index contributed by atoms with van der Waals surface area (Å²) in [6, 6.07) is 9.39. The Bertz CT molecular complexity index is 1120. The first-order valence-corrected chi connectivity index (χ1v) is 12.0. The summed E-state index contributed by atoms with van der Waals surface area (Å²) in [5, 5.41) is 3.49. The van der Waals surface area contributed by atoms with Gasteiger partial charge in [-0.1, -0.05) is 19.8 Å². The van der Waals surface area contributed by atoms with Gasteiger partial charge in [-0.3, -0.25) is 4.90 Å². The predicted octanol–water partition coefficient (Wildman–Crippen LogP) is 5.07. The zero-order valence-electron chi connectivity index (χ0n) is 18.6. The van der Waals surface area contributed by atoms with Crippen LogP contribution in [0, 0.1) is 23.6 Å². The number of piperidine rings is 1. The number of rotatable bonds is 2. The van der Waals surface area contributed by atoms with Crippen LogP contribution in [0.5, 0.6) is 5.75 Å². The van der Waals surface area contributed by atoms with Gasteiger partial charge in [-0.25, -0.2) is 9.37 Å². The second-order valence-corrected chi connectivity index (χ2v) is 9.95. The topological polar surface area (TPSA) is 41.8 Å². The molecule has 6 heteroatoms. The van der Waals surface area contributed by atoms with E-state index in [0.717, 1.165) is 54.2 Å². The lowest BCUT2D eigenvalue weighted by Crippen LogP contribution is -2.50. The van der Waals surface area contributed by atoms with Crippen LogP contribution < -0.4 is 10.1 Å². The molecule has 1 saturated carbocycles. The molecule has 1 aromatic carbocycles. The van der Waals surface area contributed by atoms with Crippen LogP contribution >= 0.6 is 0 Å². The van der Waals surface area contributed by atoms with E-state index in [1.807, 2.05) is 35.0 Å². The molecule has 5 nitrogen and oxygen atoms in total. The van der Waals surface area contributed by atoms with E-state index in [0.29, 0.717) is 24.1 Å². The van der Waals surface area contributed by atoms with E-state index < -0.39 is 0 Å². The molecule has 2 aliphatic heterocycles. The lowest BCUT2D eigenvalue weighted by atomic mass is 9.80. The highest BCUT2D eigenvalue weighted by atomic mass is 19.1. The molecule has 3 unspecified atom stereocenters. The van der Waals surface area contributed by atoms with Gasteiger partial charge in [-0.2, -0.15) is 0 Å². The van der Waals surface area contributed by atoms with E-state index >= 15 is 0 Å². The van der Waals surface area contributed by atoms with Crippen LogP contribution in [0.2, 0.25) is 0 Å². The molecule has 0 amide bonds. The molecule has 1 aliphatic carbocycles. The van der Waals surface area contributed by atoms with E-state index in [-0.39, 0.29) is 5.82 Å². The van der Waals surface area contributed by atoms with Gasteiger partial charge in [0.25, 0.3) is 0 Å². The third kappa shape index (κ3) is 3.85. The maximum atomic E-state index is 14.8. The van der Waals surface area contributed by atoms with Gasteiger partial charge in [0.05, 0.1) is 0 Å². The normalized spacial score (nSPS) is 26.2. The van der Waals surface area contributed by atoms with E-state index in [2.05, 4.69) is 17.1 Å². The van der Waals surface area contributed by atoms with Gasteiger partial charge in [0.1, 0.15) is 29.6 Å². The van der Waals surface area contributed by atoms with Gasteiger partial charge in [0.2, 0.25) is 0 Å². The van der Waals surface area contributed by atoms with Gasteiger partial charge < -0.3 is 14.5 Å². The Labute approximate surface area is 188 Å². The Morgan fingerprint density at radius 1 is 1.16 bits per heavy atom. The predicted molar refractivity (Wildman–Crippen MR) is 125 cm³/mol. The number of ether oxygens (including phenoxy) is 1. The summed E-state index contributed by atoms with van der Waals surface area (Å²) < 4.78 is 23.0. The Hall–Kier alpha value is -2.60. The molecule has 2 aromatic heterocycles. The first kappa shape index (κ1) is 20.0. The molecule has 4 heterocycles. The molecular weight excluding hydrogens is 403 g/mol. The van der Waals surface area contributed by atoms with Crippen molar-refractivity contribution in [3.05, 3.63) is 48.5 Å². The van der Waals surface area contributed by atoms with E-state index in [9.17, 15) is 4.39 Å². The summed E-state index contributed by atoms with van der Waals surface area (Å²) in [6.45, 7) is 5.96. The fourth-order valence-electron chi connectivity index (χ4n) is 5.57. The van der Waals surface area contributed by atoms with Crippen LogP contribution in [0.1, 0.15) is 32.6 Å². The summed E-state index contributed by atoms with van der Waals surface area (Å²) in [5.74, 6) is 3.74. The molecule has 4 bridgehead atoms. The number of halogens is 1. The van der Waals surface area contributed by atoms with Crippen LogP contribution in [0.25, 0.3) is 16.8 Å². The van der Waals surface area contributed by atoms with Gasteiger partial charge >= 0.3 is 0 Å². The second kappa shape index (κ2) is 8.07. The SMILES string of the molecule is CC1CN2CCNc3ccn4ccc(c4n3)-c3cc(ccc3F)OCC2CC1CC1CC1.